The van der Waals surface area contributed by atoms with Gasteiger partial charge in [0.15, 0.2) is 0 Å². The van der Waals surface area contributed by atoms with Crippen LogP contribution in [0.3, 0.4) is 0 Å². The van der Waals surface area contributed by atoms with Crippen LogP contribution in [0.4, 0.5) is 23.2 Å². The van der Waals surface area contributed by atoms with Gasteiger partial charge in [0.2, 0.25) is 10.0 Å². The predicted octanol–water partition coefficient (Wildman–Crippen LogP) is 6.68. The van der Waals surface area contributed by atoms with E-state index < -0.39 is 21.8 Å². The third-order valence-corrected chi connectivity index (χ3v) is 8.93. The Bertz CT molecular complexity index is 1810. The highest BCUT2D eigenvalue weighted by Gasteiger charge is 2.34. The molecule has 1 aliphatic rings. The lowest BCUT2D eigenvalue weighted by Gasteiger charge is -2.33. The third-order valence-electron chi connectivity index (χ3n) is 7.07. The molecule has 3 heterocycles. The monoisotopic (exact) mass is 584 g/mol. The van der Waals surface area contributed by atoms with Gasteiger partial charge in [0, 0.05) is 42.1 Å². The normalized spacial score (nSPS) is 16.7. The van der Waals surface area contributed by atoms with E-state index in [0.717, 1.165) is 29.1 Å². The van der Waals surface area contributed by atoms with Crippen LogP contribution in [0.15, 0.2) is 94.6 Å². The second kappa shape index (κ2) is 10.3. The zero-order valence-corrected chi connectivity index (χ0v) is 22.3. The van der Waals surface area contributed by atoms with E-state index in [0.29, 0.717) is 36.0 Å². The van der Waals surface area contributed by atoms with Gasteiger partial charge >= 0.3 is 12.0 Å². The van der Waals surface area contributed by atoms with Crippen molar-refractivity contribution >= 4 is 21.6 Å². The fourth-order valence-corrected chi connectivity index (χ4v) is 6.69. The van der Waals surface area contributed by atoms with Crippen LogP contribution >= 0.6 is 0 Å². The zero-order chi connectivity index (χ0) is 28.8. The summed E-state index contributed by atoms with van der Waals surface area (Å²) in [5, 5.41) is 3.39. The maximum atomic E-state index is 13.6. The van der Waals surface area contributed by atoms with Crippen LogP contribution in [0.25, 0.3) is 28.4 Å². The van der Waals surface area contributed by atoms with Crippen LogP contribution in [-0.2, 0) is 16.2 Å². The van der Waals surface area contributed by atoms with Gasteiger partial charge in [-0.2, -0.15) is 22.5 Å². The van der Waals surface area contributed by atoms with Crippen molar-refractivity contribution in [2.24, 2.45) is 0 Å². The van der Waals surface area contributed by atoms with Gasteiger partial charge in [-0.15, -0.1) is 0 Å². The maximum Gasteiger partial charge on any atom is 0.416 e. The Balaban J connectivity index is 1.26. The smallest absolute Gasteiger partial charge is 0.416 e. The Morgan fingerprint density at radius 1 is 0.976 bits per heavy atom. The number of alkyl halides is 3. The van der Waals surface area contributed by atoms with Crippen LogP contribution < -0.4 is 5.32 Å². The van der Waals surface area contributed by atoms with Crippen LogP contribution in [0.5, 0.6) is 0 Å². The molecule has 3 aromatic carbocycles. The molecule has 1 atom stereocenters. The van der Waals surface area contributed by atoms with Gasteiger partial charge in [0.1, 0.15) is 17.8 Å². The quantitative estimate of drug-likeness (QED) is 0.225. The molecule has 1 saturated heterocycles. The molecule has 0 unspecified atom stereocenters. The van der Waals surface area contributed by atoms with Gasteiger partial charge in [-0.05, 0) is 67.4 Å². The number of nitrogens with one attached hydrogen (secondary N) is 1. The minimum Gasteiger partial charge on any atom is -0.432 e. The number of nitrogens with zero attached hydrogens (tertiary/aromatic N) is 3. The molecule has 41 heavy (non-hydrogen) atoms. The van der Waals surface area contributed by atoms with Crippen molar-refractivity contribution in [3.63, 3.8) is 0 Å². The van der Waals surface area contributed by atoms with Crippen molar-refractivity contribution in [3.05, 3.63) is 96.6 Å². The van der Waals surface area contributed by atoms with Crippen LogP contribution in [-0.4, -0.2) is 41.2 Å². The zero-order valence-electron chi connectivity index (χ0n) is 21.5. The van der Waals surface area contributed by atoms with Crippen molar-refractivity contribution in [2.45, 2.75) is 30.0 Å². The minimum atomic E-state index is -4.64. The average Bonchev–Trinajstić information content (AvgIpc) is 3.55. The second-order valence-corrected chi connectivity index (χ2v) is 11.8. The summed E-state index contributed by atoms with van der Waals surface area (Å²) in [6, 6.07) is 17.1. The van der Waals surface area contributed by atoms with Gasteiger partial charge in [-0.3, -0.25) is 4.40 Å². The Morgan fingerprint density at radius 2 is 1.76 bits per heavy atom. The molecule has 1 N–H and O–H groups in total. The standard InChI is InChI=1S/C29H24F4N4O3S/c30-22-11-9-19(10-12-22)26-27(37-14-15-40-28(37)35-26)20-4-1-6-23(16-20)34-24-7-3-13-36(18-24)41(38,39)25-8-2-5-21(17-25)29(31,32)33/h1-2,4-6,8-12,14-17,24,34H,3,7,13,18H2/t24-/m1/s1. The molecule has 212 valence electrons. The molecule has 0 saturated carbocycles. The number of sulfonamides is 1. The van der Waals surface area contributed by atoms with Crippen LogP contribution in [0, 0.1) is 5.82 Å². The van der Waals surface area contributed by atoms with Gasteiger partial charge in [0.05, 0.1) is 16.2 Å². The molecule has 0 bridgehead atoms. The summed E-state index contributed by atoms with van der Waals surface area (Å²) in [5.74, 6) is 0.0152. The van der Waals surface area contributed by atoms with Crippen molar-refractivity contribution in [2.75, 3.05) is 18.4 Å². The predicted molar refractivity (Wildman–Crippen MR) is 145 cm³/mol. The van der Waals surface area contributed by atoms with Gasteiger partial charge in [0.25, 0.3) is 0 Å². The first kappa shape index (κ1) is 27.0. The summed E-state index contributed by atoms with van der Waals surface area (Å²) < 4.78 is 88.2. The lowest BCUT2D eigenvalue weighted by molar-refractivity contribution is -0.137. The number of anilines is 1. The summed E-state index contributed by atoms with van der Waals surface area (Å²) in [7, 11) is -4.13. The van der Waals surface area contributed by atoms with Crippen LogP contribution in [0.2, 0.25) is 0 Å². The number of piperidine rings is 1. The number of hydrogen-bond acceptors (Lipinski definition) is 5. The molecule has 1 fully saturated rings. The van der Waals surface area contributed by atoms with E-state index >= 15 is 0 Å². The van der Waals surface area contributed by atoms with Crippen molar-refractivity contribution in [1.82, 2.24) is 13.7 Å². The Labute approximate surface area is 233 Å². The lowest BCUT2D eigenvalue weighted by Crippen LogP contribution is -2.45. The summed E-state index contributed by atoms with van der Waals surface area (Å²) in [6.45, 7) is 0.314. The van der Waals surface area contributed by atoms with E-state index in [4.69, 9.17) is 4.42 Å². The fraction of sp³-hybridized carbons (Fsp3) is 0.207. The van der Waals surface area contributed by atoms with E-state index in [1.165, 1.54) is 28.8 Å². The molecule has 5 aromatic rings. The molecule has 2 aromatic heterocycles. The summed E-state index contributed by atoms with van der Waals surface area (Å²) in [6.07, 6.45) is -0.163. The van der Waals surface area contributed by atoms with E-state index in [-0.39, 0.29) is 29.8 Å². The third kappa shape index (κ3) is 5.32. The highest BCUT2D eigenvalue weighted by atomic mass is 32.2. The van der Waals surface area contributed by atoms with Crippen molar-refractivity contribution < 1.29 is 30.4 Å². The first-order valence-electron chi connectivity index (χ1n) is 12.9. The molecule has 12 heteroatoms. The summed E-state index contributed by atoms with van der Waals surface area (Å²) in [5.41, 5.74) is 2.58. The molecule has 0 amide bonds. The minimum absolute atomic E-state index is 0.0995. The Hall–Kier alpha value is -4.16. The number of hydrogen-bond donors (Lipinski definition) is 1. The molecule has 6 rings (SSSR count). The molecule has 0 spiro atoms. The molecular weight excluding hydrogens is 560 g/mol. The molecular formula is C29H24F4N4O3S. The number of aromatic nitrogens is 2. The number of imidazole rings is 1. The second-order valence-electron chi connectivity index (χ2n) is 9.82. The number of fused-ring (bicyclic) bond motifs is 1. The topological polar surface area (TPSA) is 79.8 Å². The number of halogens is 4. The van der Waals surface area contributed by atoms with Gasteiger partial charge < -0.3 is 9.73 Å². The van der Waals surface area contributed by atoms with E-state index in [1.54, 1.807) is 22.7 Å². The Morgan fingerprint density at radius 3 is 2.54 bits per heavy atom. The number of benzene rings is 3. The van der Waals surface area contributed by atoms with Crippen molar-refractivity contribution in [3.8, 4) is 22.5 Å². The number of rotatable bonds is 6. The summed E-state index contributed by atoms with van der Waals surface area (Å²) >= 11 is 0. The Kier molecular flexibility index (Phi) is 6.82. The highest BCUT2D eigenvalue weighted by Crippen LogP contribution is 2.35. The maximum absolute atomic E-state index is 13.6. The highest BCUT2D eigenvalue weighted by molar-refractivity contribution is 7.89. The van der Waals surface area contributed by atoms with Gasteiger partial charge in [-0.25, -0.2) is 12.8 Å². The average molecular weight is 585 g/mol. The van der Waals surface area contributed by atoms with E-state index in [1.807, 2.05) is 24.3 Å². The lowest BCUT2D eigenvalue weighted by atomic mass is 10.0. The first-order chi connectivity index (χ1) is 19.6. The van der Waals surface area contributed by atoms with Crippen molar-refractivity contribution in [1.29, 1.82) is 0 Å². The van der Waals surface area contributed by atoms with Crippen LogP contribution in [0.1, 0.15) is 18.4 Å². The van der Waals surface area contributed by atoms with E-state index in [9.17, 15) is 26.0 Å². The van der Waals surface area contributed by atoms with E-state index in [2.05, 4.69) is 10.3 Å². The molecule has 0 radical (unpaired) electrons. The molecule has 7 nitrogen and oxygen atoms in total. The van der Waals surface area contributed by atoms with Gasteiger partial charge in [-0.1, -0.05) is 18.2 Å². The fourth-order valence-electron chi connectivity index (χ4n) is 5.12. The first-order valence-corrected chi connectivity index (χ1v) is 14.3. The molecule has 0 aliphatic carbocycles. The largest absolute Gasteiger partial charge is 0.432 e. The summed E-state index contributed by atoms with van der Waals surface area (Å²) in [4.78, 5) is 4.21. The number of oxazole rings is 1. The molecule has 1 aliphatic heterocycles. The SMILES string of the molecule is O=S(=O)(c1cccc(C(F)(F)F)c1)N1CCC[C@@H](Nc2cccc(-c3c(-c4ccc(F)cc4)nc4occn34)c2)C1.